The van der Waals surface area contributed by atoms with Crippen LogP contribution in [-0.4, -0.2) is 30.3 Å². The summed E-state index contributed by atoms with van der Waals surface area (Å²) < 4.78 is 10.6. The summed E-state index contributed by atoms with van der Waals surface area (Å²) in [5.74, 6) is -0.325. The van der Waals surface area contributed by atoms with Gasteiger partial charge in [-0.2, -0.15) is 0 Å². The zero-order valence-electron chi connectivity index (χ0n) is 9.05. The summed E-state index contributed by atoms with van der Waals surface area (Å²) in [5.41, 5.74) is 2.03. The van der Waals surface area contributed by atoms with Crippen molar-refractivity contribution in [1.82, 2.24) is 4.98 Å². The number of thiazole rings is 1. The molecule has 1 aromatic rings. The number of ether oxygens (including phenoxy) is 2. The van der Waals surface area contributed by atoms with Crippen molar-refractivity contribution in [3.05, 3.63) is 16.6 Å². The second-order valence-corrected chi connectivity index (χ2v) is 4.51. The van der Waals surface area contributed by atoms with Gasteiger partial charge in [0, 0.05) is 12.0 Å². The first-order chi connectivity index (χ1) is 7.86. The molecule has 0 amide bonds. The molecule has 1 fully saturated rings. The van der Waals surface area contributed by atoms with Gasteiger partial charge in [-0.15, -0.1) is 11.3 Å². The average Bonchev–Trinajstić information content (AvgIpc) is 2.96. The van der Waals surface area contributed by atoms with Gasteiger partial charge in [0.2, 0.25) is 0 Å². The Hall–Kier alpha value is -0.940. The summed E-state index contributed by atoms with van der Waals surface area (Å²) in [5, 5.41) is 1.70. The monoisotopic (exact) mass is 241 g/mol. The molecule has 1 aliphatic heterocycles. The summed E-state index contributed by atoms with van der Waals surface area (Å²) in [7, 11) is 0. The molecule has 4 nitrogen and oxygen atoms in total. The minimum absolute atomic E-state index is 0.325. The molecular formula is C11H15NO3S. The van der Waals surface area contributed by atoms with E-state index in [9.17, 15) is 4.79 Å². The van der Waals surface area contributed by atoms with Crippen LogP contribution in [-0.2, 0) is 9.47 Å². The van der Waals surface area contributed by atoms with Crippen LogP contribution < -0.4 is 0 Å². The fourth-order valence-electron chi connectivity index (χ4n) is 1.74. The van der Waals surface area contributed by atoms with Crippen molar-refractivity contribution >= 4 is 17.3 Å². The lowest BCUT2D eigenvalue weighted by Gasteiger charge is -2.08. The Bertz CT molecular complexity index is 320. The van der Waals surface area contributed by atoms with Crippen molar-refractivity contribution < 1.29 is 14.3 Å². The van der Waals surface area contributed by atoms with Gasteiger partial charge in [0.25, 0.3) is 0 Å². The lowest BCUT2D eigenvalue weighted by molar-refractivity contribution is 0.0455. The van der Waals surface area contributed by atoms with Gasteiger partial charge in [0.15, 0.2) is 5.69 Å². The second-order valence-electron chi connectivity index (χ2n) is 3.79. The number of rotatable bonds is 5. The number of hydrogen-bond donors (Lipinski definition) is 0. The summed E-state index contributed by atoms with van der Waals surface area (Å²) in [4.78, 5) is 15.3. The molecule has 1 atom stereocenters. The Morgan fingerprint density at radius 1 is 1.69 bits per heavy atom. The third-order valence-corrected chi connectivity index (χ3v) is 3.16. The zero-order chi connectivity index (χ0) is 11.2. The third kappa shape index (κ3) is 3.28. The van der Waals surface area contributed by atoms with E-state index in [1.165, 1.54) is 11.3 Å². The summed E-state index contributed by atoms with van der Waals surface area (Å²) in [6.45, 7) is 1.33. The molecule has 0 aromatic carbocycles. The Labute approximate surface area is 98.6 Å². The molecular weight excluding hydrogens is 226 g/mol. The van der Waals surface area contributed by atoms with E-state index < -0.39 is 0 Å². The van der Waals surface area contributed by atoms with Crippen LogP contribution in [0.25, 0.3) is 0 Å². The first kappa shape index (κ1) is 11.5. The molecule has 0 radical (unpaired) electrons. The number of esters is 1. The first-order valence-electron chi connectivity index (χ1n) is 5.53. The molecule has 0 spiro atoms. The standard InChI is InChI=1S/C11H15NO3S/c13-11(10-7-16-8-12-10)15-6-2-4-9-3-1-5-14-9/h7-9H,1-6H2/t9-/m0/s1. The highest BCUT2D eigenvalue weighted by atomic mass is 32.1. The van der Waals surface area contributed by atoms with Crippen molar-refractivity contribution in [2.24, 2.45) is 0 Å². The smallest absolute Gasteiger partial charge is 0.357 e. The second kappa shape index (κ2) is 5.96. The molecule has 2 rings (SSSR count). The van der Waals surface area contributed by atoms with Crippen molar-refractivity contribution in [2.75, 3.05) is 13.2 Å². The number of carbonyl (C=O) groups is 1. The molecule has 16 heavy (non-hydrogen) atoms. The van der Waals surface area contributed by atoms with Crippen LogP contribution in [0.2, 0.25) is 0 Å². The molecule has 0 unspecified atom stereocenters. The van der Waals surface area contributed by atoms with E-state index in [0.717, 1.165) is 32.3 Å². The van der Waals surface area contributed by atoms with E-state index in [0.29, 0.717) is 18.4 Å². The van der Waals surface area contributed by atoms with Gasteiger partial charge < -0.3 is 9.47 Å². The predicted molar refractivity (Wildman–Crippen MR) is 60.6 cm³/mol. The maximum absolute atomic E-state index is 11.4. The van der Waals surface area contributed by atoms with Gasteiger partial charge in [0.1, 0.15) is 0 Å². The highest BCUT2D eigenvalue weighted by molar-refractivity contribution is 7.07. The van der Waals surface area contributed by atoms with E-state index in [-0.39, 0.29) is 5.97 Å². The van der Waals surface area contributed by atoms with Gasteiger partial charge in [-0.05, 0) is 25.7 Å². The third-order valence-electron chi connectivity index (χ3n) is 2.57. The lowest BCUT2D eigenvalue weighted by Crippen LogP contribution is -2.10. The molecule has 0 bridgehead atoms. The van der Waals surface area contributed by atoms with E-state index in [2.05, 4.69) is 4.98 Å². The van der Waals surface area contributed by atoms with Crippen molar-refractivity contribution in [3.63, 3.8) is 0 Å². The van der Waals surface area contributed by atoms with Gasteiger partial charge in [-0.25, -0.2) is 9.78 Å². The lowest BCUT2D eigenvalue weighted by atomic mass is 10.1. The summed E-state index contributed by atoms with van der Waals surface area (Å²) in [6, 6.07) is 0. The van der Waals surface area contributed by atoms with Crippen molar-refractivity contribution in [2.45, 2.75) is 31.8 Å². The van der Waals surface area contributed by atoms with Crippen LogP contribution in [0.5, 0.6) is 0 Å². The molecule has 1 aromatic heterocycles. The molecule has 88 valence electrons. The normalized spacial score (nSPS) is 19.9. The highest BCUT2D eigenvalue weighted by Crippen LogP contribution is 2.16. The van der Waals surface area contributed by atoms with Crippen molar-refractivity contribution in [3.8, 4) is 0 Å². The van der Waals surface area contributed by atoms with Gasteiger partial charge >= 0.3 is 5.97 Å². The van der Waals surface area contributed by atoms with E-state index in [1.807, 2.05) is 0 Å². The molecule has 1 aliphatic rings. The number of nitrogens with zero attached hydrogens (tertiary/aromatic N) is 1. The van der Waals surface area contributed by atoms with Gasteiger partial charge in [-0.1, -0.05) is 0 Å². The van der Waals surface area contributed by atoms with Crippen LogP contribution in [0, 0.1) is 0 Å². The molecule has 1 saturated heterocycles. The minimum atomic E-state index is -0.325. The number of hydrogen-bond acceptors (Lipinski definition) is 5. The largest absolute Gasteiger partial charge is 0.461 e. The van der Waals surface area contributed by atoms with Crippen LogP contribution >= 0.6 is 11.3 Å². The minimum Gasteiger partial charge on any atom is -0.461 e. The molecule has 2 heterocycles. The topological polar surface area (TPSA) is 48.4 Å². The maximum atomic E-state index is 11.4. The Morgan fingerprint density at radius 2 is 2.62 bits per heavy atom. The average molecular weight is 241 g/mol. The zero-order valence-corrected chi connectivity index (χ0v) is 9.87. The molecule has 5 heteroatoms. The fraction of sp³-hybridized carbons (Fsp3) is 0.636. The fourth-order valence-corrected chi connectivity index (χ4v) is 2.26. The van der Waals surface area contributed by atoms with Crippen LogP contribution in [0.1, 0.15) is 36.2 Å². The quantitative estimate of drug-likeness (QED) is 0.586. The SMILES string of the molecule is O=C(OCCC[C@@H]1CCCO1)c1cscn1. The maximum Gasteiger partial charge on any atom is 0.357 e. The summed E-state index contributed by atoms with van der Waals surface area (Å²) >= 11 is 1.40. The number of carbonyl (C=O) groups excluding carboxylic acids is 1. The van der Waals surface area contributed by atoms with Gasteiger partial charge in [-0.3, -0.25) is 0 Å². The van der Waals surface area contributed by atoms with Crippen LogP contribution in [0.15, 0.2) is 10.9 Å². The van der Waals surface area contributed by atoms with E-state index in [1.54, 1.807) is 10.9 Å². The Morgan fingerprint density at radius 3 is 3.31 bits per heavy atom. The van der Waals surface area contributed by atoms with E-state index in [4.69, 9.17) is 9.47 Å². The van der Waals surface area contributed by atoms with Gasteiger partial charge in [0.05, 0.1) is 18.2 Å². The van der Waals surface area contributed by atoms with Crippen LogP contribution in [0.3, 0.4) is 0 Å². The van der Waals surface area contributed by atoms with Crippen molar-refractivity contribution in [1.29, 1.82) is 0 Å². The first-order valence-corrected chi connectivity index (χ1v) is 6.47. The van der Waals surface area contributed by atoms with Crippen LogP contribution in [0.4, 0.5) is 0 Å². The summed E-state index contributed by atoms with van der Waals surface area (Å²) in [6.07, 6.45) is 4.51. The highest BCUT2D eigenvalue weighted by Gasteiger charge is 2.15. The number of aromatic nitrogens is 1. The Balaban J connectivity index is 1.59. The van der Waals surface area contributed by atoms with E-state index >= 15 is 0 Å². The molecule has 0 N–H and O–H groups in total. The Kier molecular flexibility index (Phi) is 4.30. The molecule has 0 saturated carbocycles. The molecule has 0 aliphatic carbocycles. The predicted octanol–water partition coefficient (Wildman–Crippen LogP) is 2.26.